The number of carbonyl (C=O) groups is 1. The second kappa shape index (κ2) is 8.27. The summed E-state index contributed by atoms with van der Waals surface area (Å²) in [5.74, 6) is 0.108. The first kappa shape index (κ1) is 20.5. The lowest BCUT2D eigenvalue weighted by molar-refractivity contribution is -0.130. The standard InChI is InChI=1S/C19H28N4O2.ClH/c1-3-10-22-15-6-4-5-7-16(15)23(18(22)25)11-8-17(24)21-12-9-19(2,13-20)14-21;/h4-7H,3,8-14,20H2,1-2H3;1H. The number of fused-ring (bicyclic) bond motifs is 1. The molecule has 1 saturated heterocycles. The van der Waals surface area contributed by atoms with Crippen molar-refractivity contribution in [2.24, 2.45) is 11.1 Å². The number of rotatable bonds is 6. The van der Waals surface area contributed by atoms with E-state index in [1.165, 1.54) is 0 Å². The van der Waals surface area contributed by atoms with E-state index in [0.29, 0.717) is 26.1 Å². The van der Waals surface area contributed by atoms with E-state index in [2.05, 4.69) is 13.8 Å². The molecule has 0 radical (unpaired) electrons. The van der Waals surface area contributed by atoms with Crippen LogP contribution in [0.2, 0.25) is 0 Å². The van der Waals surface area contributed by atoms with E-state index in [4.69, 9.17) is 5.73 Å². The molecule has 0 spiro atoms. The van der Waals surface area contributed by atoms with Crippen LogP contribution in [-0.4, -0.2) is 39.6 Å². The maximum Gasteiger partial charge on any atom is 0.329 e. The summed E-state index contributed by atoms with van der Waals surface area (Å²) in [6, 6.07) is 7.80. The van der Waals surface area contributed by atoms with E-state index in [0.717, 1.165) is 37.0 Å². The first-order chi connectivity index (χ1) is 12.0. The molecule has 0 saturated carbocycles. The highest BCUT2D eigenvalue weighted by Gasteiger charge is 2.34. The lowest BCUT2D eigenvalue weighted by atomic mass is 9.90. The summed E-state index contributed by atoms with van der Waals surface area (Å²) < 4.78 is 3.54. The van der Waals surface area contributed by atoms with E-state index in [-0.39, 0.29) is 29.4 Å². The van der Waals surface area contributed by atoms with Gasteiger partial charge in [-0.05, 0) is 36.9 Å². The Kier molecular flexibility index (Phi) is 6.53. The number of benzene rings is 1. The summed E-state index contributed by atoms with van der Waals surface area (Å²) in [6.45, 7) is 7.38. The number of para-hydroxylation sites is 2. The van der Waals surface area contributed by atoms with Gasteiger partial charge in [-0.15, -0.1) is 12.4 Å². The highest BCUT2D eigenvalue weighted by atomic mass is 35.5. The van der Waals surface area contributed by atoms with E-state index in [9.17, 15) is 9.59 Å². The maximum atomic E-state index is 12.7. The van der Waals surface area contributed by atoms with Crippen molar-refractivity contribution < 1.29 is 4.79 Å². The monoisotopic (exact) mass is 380 g/mol. The van der Waals surface area contributed by atoms with Crippen molar-refractivity contribution >= 4 is 29.3 Å². The Hall–Kier alpha value is -1.79. The van der Waals surface area contributed by atoms with Crippen LogP contribution < -0.4 is 11.4 Å². The van der Waals surface area contributed by atoms with Crippen LogP contribution in [0.1, 0.15) is 33.1 Å². The predicted molar refractivity (Wildman–Crippen MR) is 107 cm³/mol. The van der Waals surface area contributed by atoms with Crippen molar-refractivity contribution in [1.82, 2.24) is 14.0 Å². The van der Waals surface area contributed by atoms with E-state index in [1.807, 2.05) is 29.2 Å². The summed E-state index contributed by atoms with van der Waals surface area (Å²) in [6.07, 6.45) is 2.20. The molecule has 26 heavy (non-hydrogen) atoms. The summed E-state index contributed by atoms with van der Waals surface area (Å²) >= 11 is 0. The van der Waals surface area contributed by atoms with Crippen molar-refractivity contribution in [3.8, 4) is 0 Å². The fraction of sp³-hybridized carbons (Fsp3) is 0.579. The topological polar surface area (TPSA) is 73.3 Å². The van der Waals surface area contributed by atoms with Crippen LogP contribution in [-0.2, 0) is 17.9 Å². The van der Waals surface area contributed by atoms with Gasteiger partial charge in [0, 0.05) is 32.6 Å². The fourth-order valence-electron chi connectivity index (χ4n) is 3.70. The molecule has 144 valence electrons. The normalized spacial score (nSPS) is 19.7. The van der Waals surface area contributed by atoms with E-state index < -0.39 is 0 Å². The Labute approximate surface area is 160 Å². The number of amides is 1. The van der Waals surface area contributed by atoms with Gasteiger partial charge in [-0.3, -0.25) is 13.9 Å². The SMILES string of the molecule is CCCn1c(=O)n(CCC(=O)N2CCC(C)(CN)C2)c2ccccc21.Cl. The van der Waals surface area contributed by atoms with Crippen molar-refractivity contribution in [3.05, 3.63) is 34.7 Å². The quantitative estimate of drug-likeness (QED) is 0.835. The average Bonchev–Trinajstić information content (AvgIpc) is 3.14. The van der Waals surface area contributed by atoms with Gasteiger partial charge >= 0.3 is 5.69 Å². The number of aryl methyl sites for hydroxylation is 2. The van der Waals surface area contributed by atoms with Crippen LogP contribution in [0.3, 0.4) is 0 Å². The molecule has 1 aliphatic rings. The molecule has 0 aliphatic carbocycles. The van der Waals surface area contributed by atoms with Gasteiger partial charge in [0.1, 0.15) is 0 Å². The minimum absolute atomic E-state index is 0. The van der Waals surface area contributed by atoms with Gasteiger partial charge in [0.2, 0.25) is 5.91 Å². The Balaban J connectivity index is 0.00000243. The molecule has 1 unspecified atom stereocenters. The number of halogens is 1. The molecule has 1 amide bonds. The molecule has 3 rings (SSSR count). The second-order valence-electron chi connectivity index (χ2n) is 7.40. The summed E-state index contributed by atoms with van der Waals surface area (Å²) in [5.41, 5.74) is 7.68. The largest absolute Gasteiger partial charge is 0.342 e. The summed E-state index contributed by atoms with van der Waals surface area (Å²) in [5, 5.41) is 0. The number of nitrogens with two attached hydrogens (primary N) is 1. The van der Waals surface area contributed by atoms with Crippen molar-refractivity contribution in [1.29, 1.82) is 0 Å². The molecule has 1 aliphatic heterocycles. The zero-order chi connectivity index (χ0) is 18.0. The highest BCUT2D eigenvalue weighted by Crippen LogP contribution is 2.28. The van der Waals surface area contributed by atoms with Gasteiger partial charge in [0.15, 0.2) is 0 Å². The highest BCUT2D eigenvalue weighted by molar-refractivity contribution is 5.85. The van der Waals surface area contributed by atoms with Gasteiger partial charge in [-0.2, -0.15) is 0 Å². The first-order valence-electron chi connectivity index (χ1n) is 9.15. The molecule has 6 nitrogen and oxygen atoms in total. The Morgan fingerprint density at radius 1 is 1.19 bits per heavy atom. The van der Waals surface area contributed by atoms with Crippen molar-refractivity contribution in [2.45, 2.75) is 46.2 Å². The molecule has 2 aromatic rings. The first-order valence-corrected chi connectivity index (χ1v) is 9.15. The van der Waals surface area contributed by atoms with Gasteiger partial charge in [-0.1, -0.05) is 26.0 Å². The second-order valence-corrected chi connectivity index (χ2v) is 7.40. The number of carbonyl (C=O) groups excluding carboxylic acids is 1. The third-order valence-electron chi connectivity index (χ3n) is 5.32. The molecule has 0 bridgehead atoms. The smallest absolute Gasteiger partial charge is 0.329 e. The van der Waals surface area contributed by atoms with Crippen LogP contribution in [0.25, 0.3) is 11.0 Å². The molecular formula is C19H29ClN4O2. The number of likely N-dealkylation sites (tertiary alicyclic amines) is 1. The lowest BCUT2D eigenvalue weighted by Crippen LogP contribution is -2.35. The summed E-state index contributed by atoms with van der Waals surface area (Å²) in [4.78, 5) is 27.2. The number of aromatic nitrogens is 2. The number of nitrogens with zero attached hydrogens (tertiary/aromatic N) is 3. The Morgan fingerprint density at radius 2 is 1.81 bits per heavy atom. The predicted octanol–water partition coefficient (Wildman–Crippen LogP) is 2.22. The molecule has 1 aromatic heterocycles. The third kappa shape index (κ3) is 3.81. The van der Waals surface area contributed by atoms with Crippen LogP contribution >= 0.6 is 12.4 Å². The van der Waals surface area contributed by atoms with Crippen LogP contribution in [0.15, 0.2) is 29.1 Å². The van der Waals surface area contributed by atoms with Gasteiger partial charge < -0.3 is 10.6 Å². The van der Waals surface area contributed by atoms with Gasteiger partial charge in [-0.25, -0.2) is 4.79 Å². The van der Waals surface area contributed by atoms with Crippen molar-refractivity contribution in [2.75, 3.05) is 19.6 Å². The third-order valence-corrected chi connectivity index (χ3v) is 5.32. The molecular weight excluding hydrogens is 352 g/mol. The van der Waals surface area contributed by atoms with Gasteiger partial charge in [0.05, 0.1) is 11.0 Å². The molecule has 2 heterocycles. The van der Waals surface area contributed by atoms with E-state index in [1.54, 1.807) is 9.13 Å². The maximum absolute atomic E-state index is 12.7. The number of imidazole rings is 1. The average molecular weight is 381 g/mol. The zero-order valence-electron chi connectivity index (χ0n) is 15.6. The molecule has 7 heteroatoms. The zero-order valence-corrected chi connectivity index (χ0v) is 16.4. The minimum atomic E-state index is -0.0240. The lowest BCUT2D eigenvalue weighted by Gasteiger charge is -2.22. The Bertz CT molecular complexity index is 829. The van der Waals surface area contributed by atoms with E-state index >= 15 is 0 Å². The fourth-order valence-corrected chi connectivity index (χ4v) is 3.70. The molecule has 1 fully saturated rings. The van der Waals surface area contributed by atoms with Gasteiger partial charge in [0.25, 0.3) is 0 Å². The van der Waals surface area contributed by atoms with Crippen LogP contribution in [0.4, 0.5) is 0 Å². The Morgan fingerprint density at radius 3 is 2.35 bits per heavy atom. The molecule has 1 aromatic carbocycles. The number of hydrogen-bond donors (Lipinski definition) is 1. The summed E-state index contributed by atoms with van der Waals surface area (Å²) in [7, 11) is 0. The van der Waals surface area contributed by atoms with Crippen LogP contribution in [0.5, 0.6) is 0 Å². The van der Waals surface area contributed by atoms with Crippen LogP contribution in [0, 0.1) is 5.41 Å². The number of hydrogen-bond acceptors (Lipinski definition) is 3. The molecule has 1 atom stereocenters. The molecule has 2 N–H and O–H groups in total. The van der Waals surface area contributed by atoms with Crippen molar-refractivity contribution in [3.63, 3.8) is 0 Å². The minimum Gasteiger partial charge on any atom is -0.342 e.